The van der Waals surface area contributed by atoms with Crippen LogP contribution in [0.2, 0.25) is 0 Å². The first-order chi connectivity index (χ1) is 10.7. The summed E-state index contributed by atoms with van der Waals surface area (Å²) in [5, 5.41) is 9.25. The van der Waals surface area contributed by atoms with Gasteiger partial charge in [-0.2, -0.15) is 0 Å². The van der Waals surface area contributed by atoms with Gasteiger partial charge in [-0.25, -0.2) is 4.68 Å². The predicted molar refractivity (Wildman–Crippen MR) is 84.0 cm³/mol. The number of carbonyl (C=O) groups excluding carboxylic acids is 1. The standard InChI is InChI=1S/C16H13N5O/c17-16(22)9-21-15-6-5-10(7-14(15)19-20-21)12-8-18-13-4-2-1-3-11(12)13/h1-8,18H,9H2,(H2,17,22). The zero-order chi connectivity index (χ0) is 15.1. The van der Waals surface area contributed by atoms with E-state index in [1.165, 1.54) is 4.68 Å². The van der Waals surface area contributed by atoms with Gasteiger partial charge < -0.3 is 10.7 Å². The maximum atomic E-state index is 11.0. The zero-order valence-electron chi connectivity index (χ0n) is 11.7. The highest BCUT2D eigenvalue weighted by atomic mass is 16.1. The molecule has 0 fully saturated rings. The fraction of sp³-hybridized carbons (Fsp3) is 0.0625. The van der Waals surface area contributed by atoms with Crippen molar-refractivity contribution >= 4 is 27.8 Å². The van der Waals surface area contributed by atoms with Crippen LogP contribution in [-0.2, 0) is 11.3 Å². The molecule has 3 N–H and O–H groups in total. The number of benzene rings is 2. The fourth-order valence-electron chi connectivity index (χ4n) is 2.71. The Morgan fingerprint density at radius 1 is 1.23 bits per heavy atom. The lowest BCUT2D eigenvalue weighted by Crippen LogP contribution is -2.19. The Labute approximate surface area is 125 Å². The molecule has 0 spiro atoms. The number of nitrogens with zero attached hydrogens (tertiary/aromatic N) is 3. The van der Waals surface area contributed by atoms with Crippen molar-refractivity contribution in [3.8, 4) is 11.1 Å². The number of aromatic amines is 1. The van der Waals surface area contributed by atoms with Gasteiger partial charge in [0.15, 0.2) is 0 Å². The third-order valence-corrected chi connectivity index (χ3v) is 3.72. The zero-order valence-corrected chi connectivity index (χ0v) is 11.7. The van der Waals surface area contributed by atoms with E-state index in [9.17, 15) is 4.79 Å². The molecule has 0 bridgehead atoms. The minimum absolute atomic E-state index is 0.0307. The third-order valence-electron chi connectivity index (χ3n) is 3.72. The number of carbonyl (C=O) groups is 1. The van der Waals surface area contributed by atoms with Crippen LogP contribution in [0.4, 0.5) is 0 Å². The van der Waals surface area contributed by atoms with Crippen molar-refractivity contribution in [1.29, 1.82) is 0 Å². The molecule has 2 heterocycles. The summed E-state index contributed by atoms with van der Waals surface area (Å²) in [6.45, 7) is 0.0307. The van der Waals surface area contributed by atoms with Crippen LogP contribution in [0.5, 0.6) is 0 Å². The molecule has 22 heavy (non-hydrogen) atoms. The Bertz CT molecular complexity index is 998. The van der Waals surface area contributed by atoms with Crippen molar-refractivity contribution in [3.63, 3.8) is 0 Å². The second-order valence-electron chi connectivity index (χ2n) is 5.16. The Balaban J connectivity index is 1.85. The molecule has 0 radical (unpaired) electrons. The van der Waals surface area contributed by atoms with Crippen LogP contribution >= 0.6 is 0 Å². The highest BCUT2D eigenvalue weighted by molar-refractivity contribution is 5.97. The first-order valence-corrected chi connectivity index (χ1v) is 6.90. The lowest BCUT2D eigenvalue weighted by molar-refractivity contribution is -0.118. The monoisotopic (exact) mass is 291 g/mol. The van der Waals surface area contributed by atoms with Gasteiger partial charge in [-0.1, -0.05) is 29.5 Å². The number of fused-ring (bicyclic) bond motifs is 2. The van der Waals surface area contributed by atoms with E-state index in [0.717, 1.165) is 33.1 Å². The molecule has 4 aromatic rings. The van der Waals surface area contributed by atoms with Crippen molar-refractivity contribution in [1.82, 2.24) is 20.0 Å². The lowest BCUT2D eigenvalue weighted by Gasteiger charge is -2.01. The predicted octanol–water partition coefficient (Wildman–Crippen LogP) is 2.06. The molecule has 0 aliphatic heterocycles. The average molecular weight is 291 g/mol. The molecule has 108 valence electrons. The van der Waals surface area contributed by atoms with E-state index in [1.807, 2.05) is 42.6 Å². The maximum Gasteiger partial charge on any atom is 0.239 e. The second kappa shape index (κ2) is 4.70. The van der Waals surface area contributed by atoms with Crippen molar-refractivity contribution in [2.45, 2.75) is 6.54 Å². The molecule has 2 aromatic heterocycles. The number of primary amides is 1. The van der Waals surface area contributed by atoms with Gasteiger partial charge in [-0.3, -0.25) is 4.79 Å². The first kappa shape index (κ1) is 12.6. The lowest BCUT2D eigenvalue weighted by atomic mass is 10.0. The van der Waals surface area contributed by atoms with Crippen molar-refractivity contribution in [2.75, 3.05) is 0 Å². The molecule has 4 rings (SSSR count). The number of nitrogens with two attached hydrogens (primary N) is 1. The summed E-state index contributed by atoms with van der Waals surface area (Å²) < 4.78 is 1.51. The van der Waals surface area contributed by atoms with Crippen molar-refractivity contribution in [2.24, 2.45) is 5.73 Å². The largest absolute Gasteiger partial charge is 0.368 e. The number of para-hydroxylation sites is 1. The average Bonchev–Trinajstić information content (AvgIpc) is 3.11. The second-order valence-corrected chi connectivity index (χ2v) is 5.16. The highest BCUT2D eigenvalue weighted by Crippen LogP contribution is 2.30. The minimum atomic E-state index is -0.437. The van der Waals surface area contributed by atoms with Gasteiger partial charge in [0.05, 0.1) is 5.52 Å². The fourth-order valence-corrected chi connectivity index (χ4v) is 2.71. The summed E-state index contributed by atoms with van der Waals surface area (Å²) >= 11 is 0. The maximum absolute atomic E-state index is 11.0. The molecular weight excluding hydrogens is 278 g/mol. The quantitative estimate of drug-likeness (QED) is 0.605. The number of H-pyrrole nitrogens is 1. The van der Waals surface area contributed by atoms with Gasteiger partial charge in [0.2, 0.25) is 5.91 Å². The number of amides is 1. The molecule has 1 amide bonds. The van der Waals surface area contributed by atoms with E-state index >= 15 is 0 Å². The first-order valence-electron chi connectivity index (χ1n) is 6.90. The number of hydrogen-bond acceptors (Lipinski definition) is 3. The van der Waals surface area contributed by atoms with Crippen molar-refractivity contribution < 1.29 is 4.79 Å². The number of nitrogens with one attached hydrogen (secondary N) is 1. The van der Waals surface area contributed by atoms with Crippen LogP contribution in [0.1, 0.15) is 0 Å². The minimum Gasteiger partial charge on any atom is -0.368 e. The van der Waals surface area contributed by atoms with Crippen LogP contribution in [0, 0.1) is 0 Å². The Morgan fingerprint density at radius 2 is 2.09 bits per heavy atom. The van der Waals surface area contributed by atoms with Crippen LogP contribution in [0.3, 0.4) is 0 Å². The molecule has 0 saturated carbocycles. The summed E-state index contributed by atoms with van der Waals surface area (Å²) in [6.07, 6.45) is 1.99. The van der Waals surface area contributed by atoms with Gasteiger partial charge in [-0.15, -0.1) is 5.10 Å². The molecule has 0 atom stereocenters. The van der Waals surface area contributed by atoms with Crippen LogP contribution < -0.4 is 5.73 Å². The molecular formula is C16H13N5O. The molecule has 0 aliphatic carbocycles. The van der Waals surface area contributed by atoms with Crippen LogP contribution in [0.25, 0.3) is 33.1 Å². The van der Waals surface area contributed by atoms with Gasteiger partial charge >= 0.3 is 0 Å². The highest BCUT2D eigenvalue weighted by Gasteiger charge is 2.10. The van der Waals surface area contributed by atoms with E-state index in [1.54, 1.807) is 0 Å². The van der Waals surface area contributed by atoms with Crippen LogP contribution in [0.15, 0.2) is 48.7 Å². The summed E-state index contributed by atoms with van der Waals surface area (Å²) in [5.41, 5.74) is 10.0. The summed E-state index contributed by atoms with van der Waals surface area (Å²) in [6, 6.07) is 14.0. The number of rotatable bonds is 3. The van der Waals surface area contributed by atoms with E-state index in [-0.39, 0.29) is 6.54 Å². The Kier molecular flexibility index (Phi) is 2.69. The molecule has 0 unspecified atom stereocenters. The summed E-state index contributed by atoms with van der Waals surface area (Å²) in [5.74, 6) is -0.437. The smallest absolute Gasteiger partial charge is 0.239 e. The SMILES string of the molecule is NC(=O)Cn1nnc2cc(-c3c[nH]c4ccccc34)ccc21. The Morgan fingerprint density at radius 3 is 2.95 bits per heavy atom. The number of aromatic nitrogens is 4. The topological polar surface area (TPSA) is 89.6 Å². The van der Waals surface area contributed by atoms with Gasteiger partial charge in [0, 0.05) is 22.7 Å². The van der Waals surface area contributed by atoms with Crippen LogP contribution in [-0.4, -0.2) is 25.9 Å². The van der Waals surface area contributed by atoms with E-state index in [0.29, 0.717) is 0 Å². The van der Waals surface area contributed by atoms with E-state index in [2.05, 4.69) is 21.4 Å². The summed E-state index contributed by atoms with van der Waals surface area (Å²) in [7, 11) is 0. The van der Waals surface area contributed by atoms with Gasteiger partial charge in [-0.05, 0) is 23.8 Å². The van der Waals surface area contributed by atoms with Gasteiger partial charge in [0.1, 0.15) is 12.1 Å². The normalized spacial score (nSPS) is 11.3. The van der Waals surface area contributed by atoms with E-state index < -0.39 is 5.91 Å². The third kappa shape index (κ3) is 1.93. The van der Waals surface area contributed by atoms with Gasteiger partial charge in [0.25, 0.3) is 0 Å². The molecule has 6 nitrogen and oxygen atoms in total. The summed E-state index contributed by atoms with van der Waals surface area (Å²) in [4.78, 5) is 14.3. The molecule has 0 aliphatic rings. The molecule has 6 heteroatoms. The van der Waals surface area contributed by atoms with Crippen molar-refractivity contribution in [3.05, 3.63) is 48.7 Å². The molecule has 2 aromatic carbocycles. The molecule has 0 saturated heterocycles. The van der Waals surface area contributed by atoms with E-state index in [4.69, 9.17) is 5.73 Å². The Hall–Kier alpha value is -3.15. The number of hydrogen-bond donors (Lipinski definition) is 2.